The lowest BCUT2D eigenvalue weighted by molar-refractivity contribution is 0.0935. The zero-order chi connectivity index (χ0) is 25.8. The third kappa shape index (κ3) is 5.01. The van der Waals surface area contributed by atoms with Gasteiger partial charge in [-0.3, -0.25) is 13.9 Å². The van der Waals surface area contributed by atoms with E-state index in [0.29, 0.717) is 5.75 Å². The fourth-order valence-electron chi connectivity index (χ4n) is 3.73. The number of methoxy groups -OCH3 is 1. The quantitative estimate of drug-likeness (QED) is 0.269. The average Bonchev–Trinajstić information content (AvgIpc) is 3.24. The molecule has 4 rings (SSSR count). The molecular weight excluding hydrogens is 464 g/mol. The topological polar surface area (TPSA) is 125 Å². The molecular formula is C25H28N6O5. The van der Waals surface area contributed by atoms with Crippen LogP contribution in [0.4, 0.5) is 5.95 Å². The van der Waals surface area contributed by atoms with Crippen LogP contribution in [-0.4, -0.2) is 49.8 Å². The number of aromatic nitrogens is 4. The van der Waals surface area contributed by atoms with E-state index < -0.39 is 17.4 Å². The highest BCUT2D eigenvalue weighted by Crippen LogP contribution is 2.19. The number of nitrogens with zero attached hydrogens (tertiary/aromatic N) is 5. The number of anilines is 1. The van der Waals surface area contributed by atoms with Gasteiger partial charge < -0.3 is 19.1 Å². The Labute approximate surface area is 206 Å². The molecule has 0 radical (unpaired) electrons. The van der Waals surface area contributed by atoms with Crippen LogP contribution in [0.3, 0.4) is 0 Å². The van der Waals surface area contributed by atoms with Gasteiger partial charge >= 0.3 is 5.69 Å². The molecule has 0 bridgehead atoms. The number of benzene rings is 2. The molecule has 2 aromatic heterocycles. The van der Waals surface area contributed by atoms with Gasteiger partial charge in [0.2, 0.25) is 5.95 Å². The van der Waals surface area contributed by atoms with E-state index in [2.05, 4.69) is 15.5 Å². The van der Waals surface area contributed by atoms with Gasteiger partial charge in [0.15, 0.2) is 11.2 Å². The number of aliphatic hydroxyl groups excluding tert-OH is 1. The van der Waals surface area contributed by atoms with Crippen molar-refractivity contribution >= 4 is 23.3 Å². The zero-order valence-electron chi connectivity index (χ0n) is 20.5. The lowest BCUT2D eigenvalue weighted by Crippen LogP contribution is -2.38. The summed E-state index contributed by atoms with van der Waals surface area (Å²) < 4.78 is 14.7. The van der Waals surface area contributed by atoms with Crippen molar-refractivity contribution in [1.29, 1.82) is 0 Å². The van der Waals surface area contributed by atoms with Gasteiger partial charge in [-0.2, -0.15) is 10.1 Å². The van der Waals surface area contributed by atoms with Gasteiger partial charge in [0, 0.05) is 14.1 Å². The summed E-state index contributed by atoms with van der Waals surface area (Å²) in [5.41, 5.74) is 3.89. The minimum Gasteiger partial charge on any atom is -0.497 e. The fraction of sp³-hybridized carbons (Fsp3) is 0.280. The highest BCUT2D eigenvalue weighted by Gasteiger charge is 2.21. The molecule has 0 unspecified atom stereocenters. The van der Waals surface area contributed by atoms with E-state index in [1.165, 1.54) is 23.2 Å². The van der Waals surface area contributed by atoms with E-state index in [1.807, 2.05) is 43.3 Å². The minimum atomic E-state index is -0.977. The monoisotopic (exact) mass is 492 g/mol. The molecule has 1 atom stereocenters. The number of fused-ring (bicyclic) bond motifs is 1. The first-order valence-electron chi connectivity index (χ1n) is 11.3. The second-order valence-electron chi connectivity index (χ2n) is 8.30. The zero-order valence-corrected chi connectivity index (χ0v) is 20.5. The van der Waals surface area contributed by atoms with Gasteiger partial charge in [0.25, 0.3) is 5.56 Å². The van der Waals surface area contributed by atoms with Crippen molar-refractivity contribution in [2.24, 2.45) is 19.2 Å². The summed E-state index contributed by atoms with van der Waals surface area (Å²) in [5, 5.41) is 15.0. The largest absolute Gasteiger partial charge is 0.497 e. The summed E-state index contributed by atoms with van der Waals surface area (Å²) in [7, 11) is 4.52. The Balaban J connectivity index is 1.64. The normalized spacial score (nSPS) is 12.2. The van der Waals surface area contributed by atoms with Crippen LogP contribution in [-0.2, 0) is 20.6 Å². The van der Waals surface area contributed by atoms with Crippen LogP contribution in [0.15, 0.2) is 63.2 Å². The van der Waals surface area contributed by atoms with Crippen LogP contribution in [0.25, 0.3) is 11.2 Å². The van der Waals surface area contributed by atoms with E-state index in [1.54, 1.807) is 25.5 Å². The van der Waals surface area contributed by atoms with Crippen LogP contribution in [0.2, 0.25) is 0 Å². The number of hydrazone groups is 1. The number of nitrogens with one attached hydrogen (secondary N) is 1. The number of imidazole rings is 1. The van der Waals surface area contributed by atoms with Gasteiger partial charge in [-0.15, -0.1) is 0 Å². The number of hydrogen-bond donors (Lipinski definition) is 2. The summed E-state index contributed by atoms with van der Waals surface area (Å²) in [4.78, 5) is 29.9. The van der Waals surface area contributed by atoms with Crippen LogP contribution in [0.1, 0.15) is 11.1 Å². The average molecular weight is 493 g/mol. The van der Waals surface area contributed by atoms with Gasteiger partial charge in [-0.05, 0) is 48.4 Å². The Morgan fingerprint density at radius 2 is 1.83 bits per heavy atom. The molecule has 0 spiro atoms. The molecule has 188 valence electrons. The molecule has 0 amide bonds. The number of hydrogen-bond acceptors (Lipinski definition) is 8. The SMILES string of the molecule is COc1ccc(/C=N\Nc2nc3c(c(=O)n(C)c(=O)n3C)n2C[C@@H](O)COc2ccccc2C)cc1. The maximum absolute atomic E-state index is 13.0. The number of rotatable bonds is 9. The number of para-hydroxylation sites is 1. The van der Waals surface area contributed by atoms with E-state index in [0.717, 1.165) is 21.4 Å². The van der Waals surface area contributed by atoms with E-state index >= 15 is 0 Å². The number of aryl methyl sites for hydroxylation is 2. The first kappa shape index (κ1) is 24.7. The van der Waals surface area contributed by atoms with E-state index in [4.69, 9.17) is 9.47 Å². The van der Waals surface area contributed by atoms with Crippen LogP contribution >= 0.6 is 0 Å². The first-order chi connectivity index (χ1) is 17.3. The van der Waals surface area contributed by atoms with Crippen molar-refractivity contribution in [1.82, 2.24) is 18.7 Å². The van der Waals surface area contributed by atoms with Crippen molar-refractivity contribution in [2.75, 3.05) is 19.1 Å². The van der Waals surface area contributed by atoms with Gasteiger partial charge in [0.05, 0.1) is 19.9 Å². The Hall–Kier alpha value is -4.38. The Morgan fingerprint density at radius 3 is 2.53 bits per heavy atom. The molecule has 0 aliphatic rings. The molecule has 2 N–H and O–H groups in total. The molecule has 11 nitrogen and oxygen atoms in total. The molecule has 11 heteroatoms. The molecule has 0 aliphatic heterocycles. The van der Waals surface area contributed by atoms with Crippen LogP contribution < -0.4 is 26.1 Å². The Morgan fingerprint density at radius 1 is 1.11 bits per heavy atom. The van der Waals surface area contributed by atoms with Crippen LogP contribution in [0.5, 0.6) is 11.5 Å². The first-order valence-corrected chi connectivity index (χ1v) is 11.3. The maximum Gasteiger partial charge on any atom is 0.332 e. The predicted octanol–water partition coefficient (Wildman–Crippen LogP) is 1.64. The molecule has 4 aromatic rings. The summed E-state index contributed by atoms with van der Waals surface area (Å²) in [6.07, 6.45) is 0.605. The third-order valence-electron chi connectivity index (χ3n) is 5.76. The van der Waals surface area contributed by atoms with Crippen molar-refractivity contribution in [3.63, 3.8) is 0 Å². The summed E-state index contributed by atoms with van der Waals surface area (Å²) in [5.74, 6) is 1.58. The smallest absolute Gasteiger partial charge is 0.332 e. The molecule has 0 fully saturated rings. The number of ether oxygens (including phenoxy) is 2. The van der Waals surface area contributed by atoms with Gasteiger partial charge in [-0.1, -0.05) is 18.2 Å². The number of aliphatic hydroxyl groups is 1. The van der Waals surface area contributed by atoms with Crippen LogP contribution in [0, 0.1) is 6.92 Å². The van der Waals surface area contributed by atoms with Gasteiger partial charge in [0.1, 0.15) is 24.2 Å². The molecule has 0 saturated heterocycles. The molecule has 0 aliphatic carbocycles. The lowest BCUT2D eigenvalue weighted by atomic mass is 10.2. The standard InChI is InChI=1S/C25H28N6O5/c1-16-7-5-6-8-20(16)36-15-18(32)14-31-21-22(29(2)25(34)30(3)23(21)33)27-24(31)28-26-13-17-9-11-19(35-4)12-10-17/h5-13,18,32H,14-15H2,1-4H3,(H,27,28)/b26-13-/t18-/m1/s1. The van der Waals surface area contributed by atoms with Crippen molar-refractivity contribution in [2.45, 2.75) is 19.6 Å². The molecule has 36 heavy (non-hydrogen) atoms. The second-order valence-corrected chi connectivity index (χ2v) is 8.30. The maximum atomic E-state index is 13.0. The minimum absolute atomic E-state index is 0.00877. The van der Waals surface area contributed by atoms with Crippen molar-refractivity contribution in [3.05, 3.63) is 80.5 Å². The summed E-state index contributed by atoms with van der Waals surface area (Å²) >= 11 is 0. The summed E-state index contributed by atoms with van der Waals surface area (Å²) in [6.45, 7) is 1.89. The third-order valence-corrected chi connectivity index (χ3v) is 5.76. The van der Waals surface area contributed by atoms with Crippen molar-refractivity contribution < 1.29 is 14.6 Å². The second kappa shape index (κ2) is 10.5. The van der Waals surface area contributed by atoms with Gasteiger partial charge in [-0.25, -0.2) is 10.2 Å². The molecule has 2 heterocycles. The highest BCUT2D eigenvalue weighted by molar-refractivity contribution is 5.80. The predicted molar refractivity (Wildman–Crippen MR) is 137 cm³/mol. The fourth-order valence-corrected chi connectivity index (χ4v) is 3.73. The lowest BCUT2D eigenvalue weighted by Gasteiger charge is -2.16. The van der Waals surface area contributed by atoms with Crippen molar-refractivity contribution in [3.8, 4) is 11.5 Å². The summed E-state index contributed by atoms with van der Waals surface area (Å²) in [6, 6.07) is 14.8. The Kier molecular flexibility index (Phi) is 7.20. The van der Waals surface area contributed by atoms with E-state index in [-0.39, 0.29) is 30.3 Å². The Bertz CT molecular complexity index is 1520. The van der Waals surface area contributed by atoms with E-state index in [9.17, 15) is 14.7 Å². The highest BCUT2D eigenvalue weighted by atomic mass is 16.5. The molecule has 0 saturated carbocycles. The molecule has 2 aromatic carbocycles.